The molecule has 0 unspecified atom stereocenters. The monoisotopic (exact) mass is 482 g/mol. The number of anilines is 3. The van der Waals surface area contributed by atoms with Crippen molar-refractivity contribution >= 4 is 22.8 Å². The van der Waals surface area contributed by atoms with Crippen LogP contribution in [-0.4, -0.2) is 59.8 Å². The first-order chi connectivity index (χ1) is 16.8. The summed E-state index contributed by atoms with van der Waals surface area (Å²) in [6.07, 6.45) is -2.98. The van der Waals surface area contributed by atoms with Crippen LogP contribution in [-0.2, 0) is 6.18 Å². The van der Waals surface area contributed by atoms with Crippen molar-refractivity contribution in [3.8, 4) is 17.0 Å². The van der Waals surface area contributed by atoms with Crippen molar-refractivity contribution in [1.29, 1.82) is 0 Å². The van der Waals surface area contributed by atoms with Gasteiger partial charge in [-0.1, -0.05) is 0 Å². The Morgan fingerprint density at radius 2 is 1.69 bits per heavy atom. The van der Waals surface area contributed by atoms with Crippen molar-refractivity contribution in [3.05, 3.63) is 66.4 Å². The molecule has 2 aromatic carbocycles. The Labute approximate surface area is 200 Å². The third-order valence-electron chi connectivity index (χ3n) is 6.17. The summed E-state index contributed by atoms with van der Waals surface area (Å²) in [4.78, 5) is 8.97. The topological polar surface area (TPSA) is 57.9 Å². The van der Waals surface area contributed by atoms with E-state index in [1.165, 1.54) is 29.6 Å². The van der Waals surface area contributed by atoms with Crippen LogP contribution in [0.3, 0.4) is 0 Å². The molecule has 5 rings (SSSR count). The molecule has 1 N–H and O–H groups in total. The second-order valence-corrected chi connectivity index (χ2v) is 8.51. The fourth-order valence-corrected chi connectivity index (χ4v) is 4.18. The summed E-state index contributed by atoms with van der Waals surface area (Å²) in [5, 5.41) is 7.85. The van der Waals surface area contributed by atoms with Crippen molar-refractivity contribution in [2.24, 2.45) is 0 Å². The smallest absolute Gasteiger partial charge is 0.416 e. The van der Waals surface area contributed by atoms with Crippen LogP contribution in [0.25, 0.3) is 16.9 Å². The highest BCUT2D eigenvalue weighted by Crippen LogP contribution is 2.37. The highest BCUT2D eigenvalue weighted by molar-refractivity contribution is 5.71. The SMILES string of the molecule is COc1ccc(C(F)(F)F)cc1-c1cnc2ccc(Nc3ccc(N4CCN(C)CC4)cc3)nn12. The van der Waals surface area contributed by atoms with Crippen LogP contribution < -0.4 is 15.0 Å². The number of nitrogens with zero attached hydrogens (tertiary/aromatic N) is 5. The number of aromatic nitrogens is 3. The lowest BCUT2D eigenvalue weighted by molar-refractivity contribution is -0.137. The number of halogens is 3. The molecule has 2 aromatic heterocycles. The molecule has 182 valence electrons. The predicted octanol–water partition coefficient (Wildman–Crippen LogP) is 4.92. The maximum Gasteiger partial charge on any atom is 0.416 e. The first kappa shape index (κ1) is 23.0. The number of fused-ring (bicyclic) bond motifs is 1. The summed E-state index contributed by atoms with van der Waals surface area (Å²) >= 11 is 0. The summed E-state index contributed by atoms with van der Waals surface area (Å²) < 4.78 is 46.8. The van der Waals surface area contributed by atoms with Crippen molar-refractivity contribution < 1.29 is 17.9 Å². The molecule has 10 heteroatoms. The second kappa shape index (κ2) is 9.10. The highest BCUT2D eigenvalue weighted by atomic mass is 19.4. The van der Waals surface area contributed by atoms with E-state index in [0.717, 1.165) is 44.0 Å². The molecule has 4 aromatic rings. The number of methoxy groups -OCH3 is 1. The van der Waals surface area contributed by atoms with Gasteiger partial charge >= 0.3 is 6.18 Å². The van der Waals surface area contributed by atoms with Crippen molar-refractivity contribution in [2.75, 3.05) is 50.6 Å². The minimum absolute atomic E-state index is 0.260. The lowest BCUT2D eigenvalue weighted by Gasteiger charge is -2.34. The van der Waals surface area contributed by atoms with Gasteiger partial charge in [-0.2, -0.15) is 13.2 Å². The number of imidazole rings is 1. The number of rotatable bonds is 5. The molecule has 0 radical (unpaired) electrons. The normalized spacial score (nSPS) is 14.9. The van der Waals surface area contributed by atoms with E-state index in [-0.39, 0.29) is 5.56 Å². The van der Waals surface area contributed by atoms with Gasteiger partial charge in [-0.15, -0.1) is 5.10 Å². The van der Waals surface area contributed by atoms with Gasteiger partial charge in [-0.25, -0.2) is 9.50 Å². The number of nitrogens with one attached hydrogen (secondary N) is 1. The maximum absolute atomic E-state index is 13.3. The molecule has 1 aliphatic heterocycles. The zero-order valence-electron chi connectivity index (χ0n) is 19.4. The van der Waals surface area contributed by atoms with Crippen LogP contribution in [0.15, 0.2) is 60.8 Å². The molecule has 0 amide bonds. The van der Waals surface area contributed by atoms with Gasteiger partial charge in [0.1, 0.15) is 5.75 Å². The van der Waals surface area contributed by atoms with Crippen LogP contribution in [0, 0.1) is 0 Å². The lowest BCUT2D eigenvalue weighted by atomic mass is 10.1. The number of benzene rings is 2. The third kappa shape index (κ3) is 4.74. The Hall–Kier alpha value is -3.79. The maximum atomic E-state index is 13.3. The van der Waals surface area contributed by atoms with Gasteiger partial charge < -0.3 is 19.9 Å². The first-order valence-corrected chi connectivity index (χ1v) is 11.2. The number of hydrogen-bond acceptors (Lipinski definition) is 6. The average Bonchev–Trinajstić information content (AvgIpc) is 3.27. The average molecular weight is 483 g/mol. The molecule has 1 saturated heterocycles. The largest absolute Gasteiger partial charge is 0.496 e. The van der Waals surface area contributed by atoms with E-state index in [2.05, 4.69) is 44.4 Å². The van der Waals surface area contributed by atoms with E-state index in [0.29, 0.717) is 22.9 Å². The van der Waals surface area contributed by atoms with Crippen LogP contribution >= 0.6 is 0 Å². The Kier molecular flexibility index (Phi) is 5.98. The van der Waals surface area contributed by atoms with E-state index >= 15 is 0 Å². The molecule has 0 atom stereocenters. The Bertz CT molecular complexity index is 1330. The fourth-order valence-electron chi connectivity index (χ4n) is 4.18. The van der Waals surface area contributed by atoms with E-state index in [4.69, 9.17) is 4.74 Å². The third-order valence-corrected chi connectivity index (χ3v) is 6.17. The standard InChI is InChI=1S/C25H25F3N6O/c1-32-11-13-33(14-12-32)19-6-4-18(5-7-19)30-23-9-10-24-29-16-21(34(24)31-23)20-15-17(25(26,27)28)3-8-22(20)35-2/h3-10,15-16H,11-14H2,1-2H3,(H,30,31). The molecular formula is C25H25F3N6O. The molecule has 0 bridgehead atoms. The quantitative estimate of drug-likeness (QED) is 0.436. The van der Waals surface area contributed by atoms with Crippen molar-refractivity contribution in [3.63, 3.8) is 0 Å². The van der Waals surface area contributed by atoms with Crippen molar-refractivity contribution in [2.45, 2.75) is 6.18 Å². The Balaban J connectivity index is 1.42. The van der Waals surface area contributed by atoms with Crippen molar-refractivity contribution in [1.82, 2.24) is 19.5 Å². The minimum Gasteiger partial charge on any atom is -0.496 e. The summed E-state index contributed by atoms with van der Waals surface area (Å²) in [5.74, 6) is 0.842. The zero-order chi connectivity index (χ0) is 24.6. The van der Waals surface area contributed by atoms with E-state index < -0.39 is 11.7 Å². The lowest BCUT2D eigenvalue weighted by Crippen LogP contribution is -2.44. The number of likely N-dealkylation sites (N-methyl/N-ethyl adjacent to an activating group) is 1. The Morgan fingerprint density at radius 1 is 0.943 bits per heavy atom. The van der Waals surface area contributed by atoms with Gasteiger partial charge in [0.05, 0.1) is 24.6 Å². The van der Waals surface area contributed by atoms with Crippen LogP contribution in [0.1, 0.15) is 5.56 Å². The summed E-state index contributed by atoms with van der Waals surface area (Å²) in [6, 6.07) is 15.0. The zero-order valence-corrected chi connectivity index (χ0v) is 19.4. The highest BCUT2D eigenvalue weighted by Gasteiger charge is 2.31. The van der Waals surface area contributed by atoms with Crippen LogP contribution in [0.5, 0.6) is 5.75 Å². The second-order valence-electron chi connectivity index (χ2n) is 8.51. The minimum atomic E-state index is -4.47. The van der Waals surface area contributed by atoms with E-state index in [1.807, 2.05) is 12.1 Å². The molecular weight excluding hydrogens is 457 g/mol. The van der Waals surface area contributed by atoms with Gasteiger partial charge in [0.25, 0.3) is 0 Å². The predicted molar refractivity (Wildman–Crippen MR) is 129 cm³/mol. The molecule has 1 fully saturated rings. The molecule has 0 aliphatic carbocycles. The number of hydrogen-bond donors (Lipinski definition) is 1. The molecule has 35 heavy (non-hydrogen) atoms. The number of ether oxygens (including phenoxy) is 1. The fraction of sp³-hybridized carbons (Fsp3) is 0.280. The van der Waals surface area contributed by atoms with Gasteiger partial charge in [0.15, 0.2) is 11.5 Å². The van der Waals surface area contributed by atoms with E-state index in [9.17, 15) is 13.2 Å². The molecule has 3 heterocycles. The van der Waals surface area contributed by atoms with Gasteiger partial charge in [-0.05, 0) is 61.6 Å². The van der Waals surface area contributed by atoms with Gasteiger partial charge in [0, 0.05) is 43.1 Å². The number of piperazine rings is 1. The molecule has 1 aliphatic rings. The first-order valence-electron chi connectivity index (χ1n) is 11.2. The van der Waals surface area contributed by atoms with Gasteiger partial charge in [0.2, 0.25) is 0 Å². The number of alkyl halides is 3. The molecule has 0 spiro atoms. The van der Waals surface area contributed by atoms with Gasteiger partial charge in [-0.3, -0.25) is 0 Å². The molecule has 0 saturated carbocycles. The Morgan fingerprint density at radius 3 is 2.37 bits per heavy atom. The molecule has 7 nitrogen and oxygen atoms in total. The summed E-state index contributed by atoms with van der Waals surface area (Å²) in [6.45, 7) is 4.05. The van der Waals surface area contributed by atoms with Crippen LogP contribution in [0.2, 0.25) is 0 Å². The summed E-state index contributed by atoms with van der Waals surface area (Å²) in [7, 11) is 3.55. The van der Waals surface area contributed by atoms with Crippen LogP contribution in [0.4, 0.5) is 30.4 Å². The van der Waals surface area contributed by atoms with E-state index in [1.54, 1.807) is 12.1 Å². The summed E-state index contributed by atoms with van der Waals surface area (Å²) in [5.41, 5.74) is 2.43.